The van der Waals surface area contributed by atoms with Gasteiger partial charge in [0, 0.05) is 44.4 Å². The van der Waals surface area contributed by atoms with Crippen LogP contribution in [0.15, 0.2) is 40.2 Å². The minimum atomic E-state index is -0.542. The summed E-state index contributed by atoms with van der Waals surface area (Å²) in [6.07, 6.45) is 4.72. The molecule has 8 heteroatoms. The molecule has 0 unspecified atom stereocenters. The van der Waals surface area contributed by atoms with Gasteiger partial charge in [-0.3, -0.25) is 19.4 Å². The molecule has 8 nitrogen and oxygen atoms in total. The molecule has 1 fully saturated rings. The fourth-order valence-corrected chi connectivity index (χ4v) is 3.60. The number of fused-ring (bicyclic) bond motifs is 1. The highest BCUT2D eigenvalue weighted by molar-refractivity contribution is 5.99. The summed E-state index contributed by atoms with van der Waals surface area (Å²) < 4.78 is 1.39. The number of nitrogens with one attached hydrogen (secondary N) is 2. The van der Waals surface area contributed by atoms with E-state index in [1.165, 1.54) is 23.9 Å². The number of aromatic nitrogens is 1. The molecule has 1 aliphatic carbocycles. The van der Waals surface area contributed by atoms with Gasteiger partial charge in [-0.2, -0.15) is 0 Å². The van der Waals surface area contributed by atoms with Gasteiger partial charge < -0.3 is 20.3 Å². The molecule has 2 aliphatic rings. The first-order valence-electron chi connectivity index (χ1n) is 9.53. The van der Waals surface area contributed by atoms with Crippen molar-refractivity contribution in [2.45, 2.75) is 25.4 Å². The normalized spacial score (nSPS) is 19.0. The van der Waals surface area contributed by atoms with Crippen LogP contribution in [0.4, 0.5) is 5.69 Å². The topological polar surface area (TPSA) is 113 Å². The third-order valence-electron chi connectivity index (χ3n) is 5.41. The highest BCUT2D eigenvalue weighted by atomic mass is 16.3. The highest BCUT2D eigenvalue weighted by Crippen LogP contribution is 2.30. The molecule has 1 saturated carbocycles. The van der Waals surface area contributed by atoms with Crippen LogP contribution in [-0.4, -0.2) is 47.4 Å². The number of hydrogen-bond acceptors (Lipinski definition) is 5. The van der Waals surface area contributed by atoms with Crippen molar-refractivity contribution in [3.05, 3.63) is 63.1 Å². The van der Waals surface area contributed by atoms with Gasteiger partial charge >= 0.3 is 0 Å². The molecule has 3 N–H and O–H groups in total. The van der Waals surface area contributed by atoms with Crippen LogP contribution in [0.5, 0.6) is 0 Å². The highest BCUT2D eigenvalue weighted by Gasteiger charge is 2.37. The molecule has 0 bridgehead atoms. The van der Waals surface area contributed by atoms with Gasteiger partial charge in [0.05, 0.1) is 17.8 Å². The fraction of sp³-hybridized carbons (Fsp3) is 0.333. The van der Waals surface area contributed by atoms with Gasteiger partial charge in [0.15, 0.2) is 0 Å². The van der Waals surface area contributed by atoms with E-state index in [9.17, 15) is 19.5 Å². The lowest BCUT2D eigenvalue weighted by Crippen LogP contribution is -2.34. The zero-order valence-corrected chi connectivity index (χ0v) is 16.0. The van der Waals surface area contributed by atoms with Crippen LogP contribution in [0.2, 0.25) is 0 Å². The van der Waals surface area contributed by atoms with Crippen molar-refractivity contribution in [2.24, 2.45) is 10.9 Å². The van der Waals surface area contributed by atoms with Crippen molar-refractivity contribution in [3.8, 4) is 0 Å². The van der Waals surface area contributed by atoms with Crippen molar-refractivity contribution in [2.75, 3.05) is 13.7 Å². The summed E-state index contributed by atoms with van der Waals surface area (Å²) >= 11 is 0. The predicted octanol–water partition coefficient (Wildman–Crippen LogP) is 0.625. The van der Waals surface area contributed by atoms with E-state index in [0.717, 1.165) is 23.2 Å². The van der Waals surface area contributed by atoms with Gasteiger partial charge in [-0.25, -0.2) is 0 Å². The summed E-state index contributed by atoms with van der Waals surface area (Å²) in [6.45, 7) is 0.258. The Morgan fingerprint density at radius 1 is 1.31 bits per heavy atom. The van der Waals surface area contributed by atoms with Crippen molar-refractivity contribution < 1.29 is 14.7 Å². The monoisotopic (exact) mass is 394 g/mol. The molecule has 2 amide bonds. The molecule has 1 aliphatic heterocycles. The summed E-state index contributed by atoms with van der Waals surface area (Å²) in [5.74, 6) is -0.846. The Morgan fingerprint density at radius 2 is 2.14 bits per heavy atom. The number of aliphatic hydroxyl groups is 1. The number of hydrogen-bond donors (Lipinski definition) is 3. The predicted molar refractivity (Wildman–Crippen MR) is 108 cm³/mol. The van der Waals surface area contributed by atoms with Crippen molar-refractivity contribution in [1.29, 1.82) is 0 Å². The third kappa shape index (κ3) is 3.71. The molecule has 2 atom stereocenters. The number of pyridine rings is 1. The molecule has 1 aromatic carbocycles. The average Bonchev–Trinajstić information content (AvgIpc) is 3.29. The third-order valence-corrected chi connectivity index (χ3v) is 5.41. The minimum Gasteiger partial charge on any atom is -0.396 e. The average molecular weight is 394 g/mol. The number of rotatable bonds is 6. The standard InChI is InChI=1S/C21H22N4O4/c1-22-20(28)16-7-13(19(27)24-18-8-14(18)11-26)10-25(21(16)29)9-12-3-2-4-17-15(12)5-6-23-17/h2-4,6-7,10,14,18,26H,5,8-9,11H2,1H3,(H,22,28)(H,24,27)/t14-,18+/m0/s1. The molecule has 0 spiro atoms. The number of carbonyl (C=O) groups is 2. The van der Waals surface area contributed by atoms with Gasteiger partial charge in [-0.05, 0) is 29.7 Å². The van der Waals surface area contributed by atoms with Crippen LogP contribution in [-0.2, 0) is 13.0 Å². The number of amides is 2. The van der Waals surface area contributed by atoms with Crippen LogP contribution in [0, 0.1) is 5.92 Å². The van der Waals surface area contributed by atoms with Crippen LogP contribution in [0.1, 0.15) is 38.3 Å². The van der Waals surface area contributed by atoms with Gasteiger partial charge in [-0.15, -0.1) is 0 Å². The maximum Gasteiger partial charge on any atom is 0.263 e. The molecular weight excluding hydrogens is 372 g/mol. The van der Waals surface area contributed by atoms with Crippen molar-refractivity contribution in [1.82, 2.24) is 15.2 Å². The Morgan fingerprint density at radius 3 is 2.86 bits per heavy atom. The summed E-state index contributed by atoms with van der Waals surface area (Å²) in [5.41, 5.74) is 2.52. The van der Waals surface area contributed by atoms with E-state index in [0.29, 0.717) is 6.42 Å². The van der Waals surface area contributed by atoms with Gasteiger partial charge in [-0.1, -0.05) is 12.1 Å². The lowest BCUT2D eigenvalue weighted by molar-refractivity contribution is 0.0946. The Kier molecular flexibility index (Phi) is 5.02. The van der Waals surface area contributed by atoms with Gasteiger partial charge in [0.1, 0.15) is 5.56 Å². The van der Waals surface area contributed by atoms with Crippen LogP contribution >= 0.6 is 0 Å². The van der Waals surface area contributed by atoms with Crippen LogP contribution < -0.4 is 16.2 Å². The summed E-state index contributed by atoms with van der Waals surface area (Å²) in [5, 5.41) is 14.5. The van der Waals surface area contributed by atoms with Gasteiger partial charge in [0.25, 0.3) is 17.4 Å². The largest absolute Gasteiger partial charge is 0.396 e. The lowest BCUT2D eigenvalue weighted by atomic mass is 10.0. The lowest BCUT2D eigenvalue weighted by Gasteiger charge is -2.14. The summed E-state index contributed by atoms with van der Waals surface area (Å²) in [7, 11) is 1.44. The number of nitrogens with zero attached hydrogens (tertiary/aromatic N) is 2. The zero-order chi connectivity index (χ0) is 20.5. The molecule has 4 rings (SSSR count). The van der Waals surface area contributed by atoms with Crippen LogP contribution in [0.3, 0.4) is 0 Å². The minimum absolute atomic E-state index is 0.0229. The quantitative estimate of drug-likeness (QED) is 0.667. The van der Waals surface area contributed by atoms with Gasteiger partial charge in [0.2, 0.25) is 0 Å². The Balaban J connectivity index is 1.69. The Hall–Kier alpha value is -3.26. The molecule has 150 valence electrons. The smallest absolute Gasteiger partial charge is 0.263 e. The zero-order valence-electron chi connectivity index (χ0n) is 16.0. The Bertz CT molecular complexity index is 1070. The summed E-state index contributed by atoms with van der Waals surface area (Å²) in [6, 6.07) is 6.95. The molecular formula is C21H22N4O4. The maximum atomic E-state index is 12.9. The number of aliphatic imine (C=N–C) groups is 1. The van der Waals surface area contributed by atoms with E-state index in [-0.39, 0.29) is 42.1 Å². The molecule has 0 radical (unpaired) electrons. The second kappa shape index (κ2) is 7.63. The first-order valence-corrected chi connectivity index (χ1v) is 9.53. The second-order valence-corrected chi connectivity index (χ2v) is 7.34. The van der Waals surface area contributed by atoms with Crippen molar-refractivity contribution in [3.63, 3.8) is 0 Å². The molecule has 0 saturated heterocycles. The molecule has 2 aromatic rings. The fourth-order valence-electron chi connectivity index (χ4n) is 3.60. The van der Waals surface area contributed by atoms with Crippen molar-refractivity contribution >= 4 is 23.7 Å². The van der Waals surface area contributed by atoms with E-state index in [1.54, 1.807) is 0 Å². The number of benzene rings is 1. The number of aliphatic hydroxyl groups excluding tert-OH is 1. The molecule has 29 heavy (non-hydrogen) atoms. The second-order valence-electron chi connectivity index (χ2n) is 7.34. The van der Waals surface area contributed by atoms with Crippen LogP contribution in [0.25, 0.3) is 0 Å². The maximum absolute atomic E-state index is 12.9. The van der Waals surface area contributed by atoms with E-state index in [1.807, 2.05) is 24.4 Å². The summed E-state index contributed by atoms with van der Waals surface area (Å²) in [4.78, 5) is 42.1. The Labute approximate surface area is 167 Å². The first-order chi connectivity index (χ1) is 14.0. The first kappa shape index (κ1) is 19.1. The molecule has 1 aromatic heterocycles. The van der Waals surface area contributed by atoms with E-state index in [4.69, 9.17) is 0 Å². The number of carbonyl (C=O) groups excluding carboxylic acids is 2. The SMILES string of the molecule is CNC(=O)c1cc(C(=O)N[C@@H]2C[C@H]2CO)cn(Cc2cccc3c2CC=N3)c1=O. The molecule has 2 heterocycles. The van der Waals surface area contributed by atoms with E-state index in [2.05, 4.69) is 15.6 Å². The van der Waals surface area contributed by atoms with E-state index < -0.39 is 11.5 Å². The van der Waals surface area contributed by atoms with E-state index >= 15 is 0 Å².